The summed E-state index contributed by atoms with van der Waals surface area (Å²) in [5.74, 6) is 2.02. The van der Waals surface area contributed by atoms with E-state index in [1.165, 1.54) is 11.8 Å². The monoisotopic (exact) mass is 468 g/mol. The van der Waals surface area contributed by atoms with Gasteiger partial charge in [-0.3, -0.25) is 9.69 Å². The Morgan fingerprint density at radius 2 is 1.53 bits per heavy atom. The number of hydrogen-bond donors (Lipinski definition) is 1. The Morgan fingerprint density at radius 3 is 2.21 bits per heavy atom. The second-order valence-electron chi connectivity index (χ2n) is 7.85. The number of nitrogens with one attached hydrogen (secondary N) is 1. The number of aromatic nitrogens is 5. The van der Waals surface area contributed by atoms with Gasteiger partial charge in [0.25, 0.3) is 0 Å². The van der Waals surface area contributed by atoms with E-state index in [2.05, 4.69) is 20.2 Å². The number of carbonyl (C=O) groups is 1. The van der Waals surface area contributed by atoms with Gasteiger partial charge >= 0.3 is 0 Å². The number of nitrogens with zero attached hydrogens (tertiary/aromatic N) is 5. The van der Waals surface area contributed by atoms with E-state index in [9.17, 15) is 4.79 Å². The van der Waals surface area contributed by atoms with E-state index >= 15 is 0 Å². The highest BCUT2D eigenvalue weighted by molar-refractivity contribution is 7.99. The van der Waals surface area contributed by atoms with E-state index in [0.29, 0.717) is 11.6 Å². The van der Waals surface area contributed by atoms with Crippen LogP contribution < -0.4 is 4.90 Å². The number of benzene rings is 3. The van der Waals surface area contributed by atoms with E-state index < -0.39 is 0 Å². The molecule has 1 N–H and O–H groups in total. The lowest BCUT2D eigenvalue weighted by Gasteiger charge is -2.22. The number of aryl methyl sites for hydroxylation is 2. The molecular weight excluding hydrogens is 444 g/mol. The van der Waals surface area contributed by atoms with Crippen molar-refractivity contribution < 1.29 is 4.79 Å². The van der Waals surface area contributed by atoms with Crippen LogP contribution in [-0.2, 0) is 24.7 Å². The van der Waals surface area contributed by atoms with Gasteiger partial charge in [-0.05, 0) is 36.4 Å². The largest absolute Gasteiger partial charge is 0.342 e. The maximum absolute atomic E-state index is 13.3. The first kappa shape index (κ1) is 21.9. The van der Waals surface area contributed by atoms with Gasteiger partial charge in [0.05, 0.1) is 16.8 Å². The lowest BCUT2D eigenvalue weighted by atomic mass is 10.2. The fourth-order valence-electron chi connectivity index (χ4n) is 3.82. The third-order valence-corrected chi connectivity index (χ3v) is 6.56. The number of hydrogen-bond acceptors (Lipinski definition) is 5. The van der Waals surface area contributed by atoms with Crippen molar-refractivity contribution in [3.05, 3.63) is 96.6 Å². The Kier molecular flexibility index (Phi) is 6.40. The topological polar surface area (TPSA) is 79.7 Å². The Balaban J connectivity index is 1.26. The van der Waals surface area contributed by atoms with Crippen LogP contribution in [0, 0.1) is 0 Å². The highest BCUT2D eigenvalue weighted by Crippen LogP contribution is 2.27. The van der Waals surface area contributed by atoms with Crippen molar-refractivity contribution in [3.8, 4) is 0 Å². The summed E-state index contributed by atoms with van der Waals surface area (Å²) in [6, 6.07) is 27.4. The lowest BCUT2D eigenvalue weighted by molar-refractivity contribution is -0.115. The average Bonchev–Trinajstić information content (AvgIpc) is 3.45. The fraction of sp³-hybridized carbons (Fsp3) is 0.154. The van der Waals surface area contributed by atoms with Crippen LogP contribution in [0.2, 0.25) is 0 Å². The molecule has 1 amide bonds. The van der Waals surface area contributed by atoms with Crippen molar-refractivity contribution in [1.29, 1.82) is 0 Å². The summed E-state index contributed by atoms with van der Waals surface area (Å²) in [4.78, 5) is 23.0. The molecule has 5 rings (SSSR count). The zero-order valence-corrected chi connectivity index (χ0v) is 19.6. The number of aromatic amines is 1. The molecule has 5 aromatic rings. The van der Waals surface area contributed by atoms with Crippen LogP contribution in [0.4, 0.5) is 11.4 Å². The van der Waals surface area contributed by atoms with Gasteiger partial charge in [0.2, 0.25) is 5.91 Å². The minimum atomic E-state index is -0.0192. The maximum atomic E-state index is 13.3. The van der Waals surface area contributed by atoms with Gasteiger partial charge in [-0.1, -0.05) is 60.3 Å². The number of fused-ring (bicyclic) bond motifs is 1. The first-order valence-electron chi connectivity index (χ1n) is 11.1. The van der Waals surface area contributed by atoms with Crippen molar-refractivity contribution >= 4 is 40.1 Å². The number of imidazole rings is 1. The van der Waals surface area contributed by atoms with Gasteiger partial charge in [0, 0.05) is 31.3 Å². The van der Waals surface area contributed by atoms with Crippen LogP contribution in [0.5, 0.6) is 0 Å². The van der Waals surface area contributed by atoms with Crippen molar-refractivity contribution in [3.63, 3.8) is 0 Å². The summed E-state index contributed by atoms with van der Waals surface area (Å²) >= 11 is 1.39. The molecule has 0 atom stereocenters. The van der Waals surface area contributed by atoms with E-state index in [-0.39, 0.29) is 11.7 Å². The number of para-hydroxylation sites is 4. The lowest BCUT2D eigenvalue weighted by Crippen LogP contribution is -2.27. The minimum absolute atomic E-state index is 0.0192. The van der Waals surface area contributed by atoms with Crippen LogP contribution in [0.3, 0.4) is 0 Å². The minimum Gasteiger partial charge on any atom is -0.342 e. The molecule has 0 unspecified atom stereocenters. The van der Waals surface area contributed by atoms with Crippen LogP contribution in [-0.4, -0.2) is 36.4 Å². The van der Waals surface area contributed by atoms with Crippen molar-refractivity contribution in [2.24, 2.45) is 7.05 Å². The van der Waals surface area contributed by atoms with E-state index in [1.807, 2.05) is 96.5 Å². The molecule has 2 aromatic heterocycles. The molecule has 170 valence electrons. The molecule has 8 heteroatoms. The van der Waals surface area contributed by atoms with Crippen LogP contribution in [0.1, 0.15) is 11.6 Å². The maximum Gasteiger partial charge on any atom is 0.242 e. The predicted octanol–water partition coefficient (Wildman–Crippen LogP) is 4.93. The zero-order valence-electron chi connectivity index (χ0n) is 18.8. The van der Waals surface area contributed by atoms with Crippen LogP contribution in [0.15, 0.2) is 90.1 Å². The first-order valence-corrected chi connectivity index (χ1v) is 12.1. The highest BCUT2D eigenvalue weighted by Gasteiger charge is 2.19. The second kappa shape index (κ2) is 9.93. The Bertz CT molecular complexity index is 1320. The second-order valence-corrected chi connectivity index (χ2v) is 8.79. The Labute approximate surface area is 201 Å². The van der Waals surface area contributed by atoms with Gasteiger partial charge in [0.1, 0.15) is 11.6 Å². The molecule has 0 radical (unpaired) electrons. The molecule has 7 nitrogen and oxygen atoms in total. The third-order valence-electron chi connectivity index (χ3n) is 5.55. The van der Waals surface area contributed by atoms with Crippen LogP contribution in [0.25, 0.3) is 11.0 Å². The normalized spacial score (nSPS) is 11.1. The summed E-state index contributed by atoms with van der Waals surface area (Å²) in [5, 5.41) is 9.39. The summed E-state index contributed by atoms with van der Waals surface area (Å²) in [5.41, 5.74) is 3.67. The van der Waals surface area contributed by atoms with Gasteiger partial charge < -0.3 is 9.55 Å². The van der Waals surface area contributed by atoms with E-state index in [1.54, 1.807) is 4.90 Å². The Morgan fingerprint density at radius 1 is 0.882 bits per heavy atom. The number of rotatable bonds is 8. The highest BCUT2D eigenvalue weighted by atomic mass is 32.2. The van der Waals surface area contributed by atoms with E-state index in [4.69, 9.17) is 0 Å². The summed E-state index contributed by atoms with van der Waals surface area (Å²) in [6.07, 6.45) is 1.44. The molecular formula is C26H24N6OS. The molecule has 3 aromatic carbocycles. The summed E-state index contributed by atoms with van der Waals surface area (Å²) in [6.45, 7) is 0. The molecule has 0 aliphatic carbocycles. The molecule has 2 heterocycles. The van der Waals surface area contributed by atoms with Crippen molar-refractivity contribution in [1.82, 2.24) is 24.7 Å². The molecule has 0 bridgehead atoms. The van der Waals surface area contributed by atoms with Crippen LogP contribution >= 0.6 is 11.8 Å². The predicted molar refractivity (Wildman–Crippen MR) is 135 cm³/mol. The molecule has 0 saturated carbocycles. The van der Waals surface area contributed by atoms with Crippen molar-refractivity contribution in [2.75, 3.05) is 10.7 Å². The SMILES string of the molecule is Cn1c(CCc2nc3ccccc3[nH]2)nnc1SCC(=O)N(c1ccccc1)c1ccccc1. The van der Waals surface area contributed by atoms with Crippen molar-refractivity contribution in [2.45, 2.75) is 18.0 Å². The number of thioether (sulfide) groups is 1. The van der Waals surface area contributed by atoms with Gasteiger partial charge in [0.15, 0.2) is 5.16 Å². The standard InChI is InChI=1S/C26H24N6OS/c1-31-24(17-16-23-27-21-14-8-9-15-22(21)28-23)29-30-26(31)34-18-25(33)32(19-10-4-2-5-11-19)20-12-6-3-7-13-20/h2-15H,16-18H2,1H3,(H,27,28). The molecule has 0 aliphatic rings. The number of anilines is 2. The number of amides is 1. The average molecular weight is 469 g/mol. The zero-order chi connectivity index (χ0) is 23.3. The first-order chi connectivity index (χ1) is 16.7. The fourth-order valence-corrected chi connectivity index (χ4v) is 4.60. The quantitative estimate of drug-likeness (QED) is 0.327. The summed E-state index contributed by atoms with van der Waals surface area (Å²) in [7, 11) is 1.94. The number of carbonyl (C=O) groups excluding carboxylic acids is 1. The van der Waals surface area contributed by atoms with Gasteiger partial charge in [-0.15, -0.1) is 10.2 Å². The Hall–Kier alpha value is -3.91. The molecule has 0 fully saturated rings. The molecule has 0 aliphatic heterocycles. The number of H-pyrrole nitrogens is 1. The molecule has 34 heavy (non-hydrogen) atoms. The third kappa shape index (κ3) is 4.72. The molecule has 0 saturated heterocycles. The molecule has 0 spiro atoms. The summed E-state index contributed by atoms with van der Waals surface area (Å²) < 4.78 is 1.95. The van der Waals surface area contributed by atoms with Gasteiger partial charge in [-0.25, -0.2) is 4.98 Å². The smallest absolute Gasteiger partial charge is 0.242 e. The van der Waals surface area contributed by atoms with Gasteiger partial charge in [-0.2, -0.15) is 0 Å². The van der Waals surface area contributed by atoms with E-state index in [0.717, 1.165) is 40.5 Å².